The fraction of sp³-hybridized carbons (Fsp3) is 0.250. The van der Waals surface area contributed by atoms with Gasteiger partial charge in [-0.2, -0.15) is 5.26 Å². The van der Waals surface area contributed by atoms with E-state index in [9.17, 15) is 14.4 Å². The van der Waals surface area contributed by atoms with E-state index >= 15 is 0 Å². The molecule has 0 saturated heterocycles. The van der Waals surface area contributed by atoms with E-state index in [-0.39, 0.29) is 5.02 Å². The zero-order valence-electron chi connectivity index (χ0n) is 12.6. The number of hydrogen-bond acceptors (Lipinski definition) is 3. The Hall–Kier alpha value is -1.97. The van der Waals surface area contributed by atoms with E-state index in [4.69, 9.17) is 17.3 Å². The Bertz CT molecular complexity index is 754. The van der Waals surface area contributed by atoms with E-state index in [0.29, 0.717) is 27.6 Å². The summed E-state index contributed by atoms with van der Waals surface area (Å²) in [4.78, 5) is 13.0. The second kappa shape index (κ2) is 7.07. The first-order chi connectivity index (χ1) is 10.9. The highest BCUT2D eigenvalue weighted by atomic mass is 35.5. The molecule has 0 aromatic heterocycles. The molecule has 0 fully saturated rings. The third kappa shape index (κ3) is 3.36. The monoisotopic (exact) mass is 351 g/mol. The number of benzene rings is 1. The number of urea groups is 1. The molecule has 0 aliphatic carbocycles. The van der Waals surface area contributed by atoms with Crippen LogP contribution >= 0.6 is 23.4 Å². The van der Waals surface area contributed by atoms with Crippen LogP contribution in [0.15, 0.2) is 40.6 Å². The van der Waals surface area contributed by atoms with Crippen molar-refractivity contribution in [2.45, 2.75) is 19.8 Å². The number of hydrogen-bond donors (Lipinski definition) is 1. The molecule has 1 aliphatic rings. The molecule has 0 saturated carbocycles. The Balaban J connectivity index is 2.64. The van der Waals surface area contributed by atoms with Crippen LogP contribution in [0.2, 0.25) is 5.02 Å². The molecule has 2 N–H and O–H groups in total. The Labute approximate surface area is 143 Å². The van der Waals surface area contributed by atoms with Crippen LogP contribution in [0.3, 0.4) is 0 Å². The number of nitrogens with zero attached hydrogens (tertiary/aromatic N) is 2. The minimum Gasteiger partial charge on any atom is -0.351 e. The van der Waals surface area contributed by atoms with Crippen molar-refractivity contribution in [1.82, 2.24) is 4.90 Å². The third-order valence-electron chi connectivity index (χ3n) is 3.42. The van der Waals surface area contributed by atoms with Crippen molar-refractivity contribution in [1.29, 1.82) is 5.26 Å². The fourth-order valence-corrected chi connectivity index (χ4v) is 3.61. The van der Waals surface area contributed by atoms with Gasteiger partial charge < -0.3 is 5.73 Å². The van der Waals surface area contributed by atoms with Crippen molar-refractivity contribution in [3.8, 4) is 6.07 Å². The van der Waals surface area contributed by atoms with Gasteiger partial charge in [0.05, 0.1) is 16.7 Å². The lowest BCUT2D eigenvalue weighted by atomic mass is 9.89. The standard InChI is InChI=1S/C16H15ClFN3OS/c1-3-23-15-13(8-19)12(6-9(2)21(15)16(20)22)11-5-4-10(17)7-14(11)18/h4-7,12H,3H2,1-2H3,(H2,20,22). The molecule has 1 unspecified atom stereocenters. The fourth-order valence-electron chi connectivity index (χ4n) is 2.48. The number of carbonyl (C=O) groups is 1. The van der Waals surface area contributed by atoms with Crippen molar-refractivity contribution in [2.24, 2.45) is 5.73 Å². The highest BCUT2D eigenvalue weighted by Crippen LogP contribution is 2.41. The van der Waals surface area contributed by atoms with Gasteiger partial charge >= 0.3 is 6.03 Å². The van der Waals surface area contributed by atoms with Crippen molar-refractivity contribution >= 4 is 29.4 Å². The summed E-state index contributed by atoms with van der Waals surface area (Å²) in [6, 6.07) is 5.77. The SMILES string of the molecule is CCSC1=C(C#N)C(c2ccc(Cl)cc2F)C=C(C)N1C(N)=O. The number of allylic oxidation sites excluding steroid dienone is 3. The molecule has 23 heavy (non-hydrogen) atoms. The normalized spacial score (nSPS) is 17.8. The number of carbonyl (C=O) groups excluding carboxylic acids is 1. The van der Waals surface area contributed by atoms with Crippen LogP contribution < -0.4 is 5.73 Å². The predicted molar refractivity (Wildman–Crippen MR) is 90.1 cm³/mol. The molecule has 2 rings (SSSR count). The minimum atomic E-state index is -0.669. The summed E-state index contributed by atoms with van der Waals surface area (Å²) < 4.78 is 14.3. The molecule has 0 bridgehead atoms. The molecule has 120 valence electrons. The summed E-state index contributed by atoms with van der Waals surface area (Å²) in [5.74, 6) is -0.428. The molecule has 4 nitrogen and oxygen atoms in total. The molecular formula is C16H15ClFN3OS. The van der Waals surface area contributed by atoms with Crippen LogP contribution in [0.1, 0.15) is 25.3 Å². The van der Waals surface area contributed by atoms with Crippen LogP contribution in [0.4, 0.5) is 9.18 Å². The minimum absolute atomic E-state index is 0.284. The van der Waals surface area contributed by atoms with E-state index in [0.717, 1.165) is 0 Å². The van der Waals surface area contributed by atoms with Crippen molar-refractivity contribution in [3.05, 3.63) is 57.0 Å². The zero-order chi connectivity index (χ0) is 17.1. The van der Waals surface area contributed by atoms with Crippen LogP contribution in [0.5, 0.6) is 0 Å². The zero-order valence-corrected chi connectivity index (χ0v) is 14.2. The summed E-state index contributed by atoms with van der Waals surface area (Å²) in [6.45, 7) is 3.60. The van der Waals surface area contributed by atoms with Gasteiger partial charge in [-0.05, 0) is 24.8 Å². The lowest BCUT2D eigenvalue weighted by Gasteiger charge is -2.31. The predicted octanol–water partition coefficient (Wildman–Crippen LogP) is 4.35. The van der Waals surface area contributed by atoms with E-state index < -0.39 is 17.8 Å². The van der Waals surface area contributed by atoms with Gasteiger partial charge in [0, 0.05) is 22.2 Å². The van der Waals surface area contributed by atoms with E-state index in [2.05, 4.69) is 6.07 Å². The quantitative estimate of drug-likeness (QED) is 0.880. The molecule has 1 aromatic rings. The Morgan fingerprint density at radius 2 is 2.26 bits per heavy atom. The van der Waals surface area contributed by atoms with Gasteiger partial charge in [-0.3, -0.25) is 4.90 Å². The van der Waals surface area contributed by atoms with Gasteiger partial charge in [-0.25, -0.2) is 9.18 Å². The topological polar surface area (TPSA) is 70.1 Å². The molecule has 0 radical (unpaired) electrons. The highest BCUT2D eigenvalue weighted by molar-refractivity contribution is 8.03. The number of amides is 2. The number of rotatable bonds is 3. The number of primary amides is 1. The maximum atomic E-state index is 14.3. The number of halogens is 2. The number of thioether (sulfide) groups is 1. The molecule has 1 aliphatic heterocycles. The van der Waals surface area contributed by atoms with Crippen molar-refractivity contribution in [2.75, 3.05) is 5.75 Å². The van der Waals surface area contributed by atoms with Gasteiger partial charge in [0.25, 0.3) is 0 Å². The van der Waals surface area contributed by atoms with Crippen LogP contribution in [0, 0.1) is 17.1 Å². The van der Waals surface area contributed by atoms with Gasteiger partial charge in [0.1, 0.15) is 5.82 Å². The summed E-state index contributed by atoms with van der Waals surface area (Å²) in [7, 11) is 0. The second-order valence-electron chi connectivity index (χ2n) is 4.89. The van der Waals surface area contributed by atoms with Crippen LogP contribution in [0.25, 0.3) is 0 Å². The molecule has 1 atom stereocenters. The maximum absolute atomic E-state index is 14.3. The maximum Gasteiger partial charge on any atom is 0.324 e. The average molecular weight is 352 g/mol. The first-order valence-corrected chi connectivity index (χ1v) is 8.27. The summed E-state index contributed by atoms with van der Waals surface area (Å²) >= 11 is 7.12. The Morgan fingerprint density at radius 1 is 1.57 bits per heavy atom. The van der Waals surface area contributed by atoms with Gasteiger partial charge in [0.2, 0.25) is 0 Å². The lowest BCUT2D eigenvalue weighted by molar-refractivity contribution is 0.231. The van der Waals surface area contributed by atoms with E-state index in [1.807, 2.05) is 6.92 Å². The van der Waals surface area contributed by atoms with Crippen LogP contribution in [-0.4, -0.2) is 16.7 Å². The molecule has 2 amide bonds. The van der Waals surface area contributed by atoms with Gasteiger partial charge in [-0.1, -0.05) is 30.7 Å². The largest absolute Gasteiger partial charge is 0.351 e. The summed E-state index contributed by atoms with van der Waals surface area (Å²) in [5.41, 5.74) is 6.62. The van der Waals surface area contributed by atoms with Crippen molar-refractivity contribution < 1.29 is 9.18 Å². The summed E-state index contributed by atoms with van der Waals surface area (Å²) in [6.07, 6.45) is 1.66. The van der Waals surface area contributed by atoms with Gasteiger partial charge in [-0.15, -0.1) is 11.8 Å². The van der Waals surface area contributed by atoms with Crippen LogP contribution in [-0.2, 0) is 0 Å². The Morgan fingerprint density at radius 3 is 2.78 bits per heavy atom. The van der Waals surface area contributed by atoms with Gasteiger partial charge in [0.15, 0.2) is 0 Å². The molecule has 0 spiro atoms. The average Bonchev–Trinajstić information content (AvgIpc) is 2.46. The molecular weight excluding hydrogens is 337 g/mol. The second-order valence-corrected chi connectivity index (χ2v) is 6.58. The number of nitriles is 1. The first kappa shape index (κ1) is 17.4. The van der Waals surface area contributed by atoms with Crippen molar-refractivity contribution in [3.63, 3.8) is 0 Å². The van der Waals surface area contributed by atoms with E-state index in [1.54, 1.807) is 25.1 Å². The lowest BCUT2D eigenvalue weighted by Crippen LogP contribution is -2.36. The number of nitrogens with two attached hydrogens (primary N) is 1. The first-order valence-electron chi connectivity index (χ1n) is 6.90. The molecule has 1 aromatic carbocycles. The summed E-state index contributed by atoms with van der Waals surface area (Å²) in [5, 5.41) is 10.3. The smallest absolute Gasteiger partial charge is 0.324 e. The highest BCUT2D eigenvalue weighted by Gasteiger charge is 2.32. The molecule has 7 heteroatoms. The molecule has 1 heterocycles. The van der Waals surface area contributed by atoms with E-state index in [1.165, 1.54) is 22.7 Å². The Kier molecular flexibility index (Phi) is 5.34. The third-order valence-corrected chi connectivity index (χ3v) is 4.62.